The van der Waals surface area contributed by atoms with Gasteiger partial charge in [-0.05, 0) is 37.6 Å². The zero-order chi connectivity index (χ0) is 16.2. The van der Waals surface area contributed by atoms with Crippen LogP contribution in [0.4, 0.5) is 0 Å². The Hall–Kier alpha value is -2.34. The minimum absolute atomic E-state index is 0.0316. The third kappa shape index (κ3) is 3.71. The summed E-state index contributed by atoms with van der Waals surface area (Å²) in [6.07, 6.45) is 3.33. The van der Waals surface area contributed by atoms with Crippen LogP contribution in [0.25, 0.3) is 6.08 Å². The lowest BCUT2D eigenvalue weighted by molar-refractivity contribution is -0.126. The Labute approximate surface area is 139 Å². The van der Waals surface area contributed by atoms with Crippen molar-refractivity contribution in [2.24, 2.45) is 0 Å². The van der Waals surface area contributed by atoms with Crippen LogP contribution in [0.15, 0.2) is 29.7 Å². The summed E-state index contributed by atoms with van der Waals surface area (Å²) in [6, 6.07) is 5.76. The fourth-order valence-corrected chi connectivity index (χ4v) is 2.90. The van der Waals surface area contributed by atoms with Gasteiger partial charge >= 0.3 is 0 Å². The molecule has 0 bridgehead atoms. The molecule has 0 atom stereocenters. The fourth-order valence-electron chi connectivity index (χ4n) is 2.32. The third-order valence-electron chi connectivity index (χ3n) is 3.54. The minimum atomic E-state index is -0.0316. The Kier molecular flexibility index (Phi) is 4.62. The number of carbonyl (C=O) groups excluding carboxylic acids is 1. The van der Waals surface area contributed by atoms with E-state index in [1.54, 1.807) is 28.4 Å². The summed E-state index contributed by atoms with van der Waals surface area (Å²) in [5.74, 6) is 1.46. The SMILES string of the molecule is CCN(Cc1ccc2c(c1)OCO2)C(=O)/C=C/c1csc(C)n1. The molecule has 3 rings (SSSR count). The minimum Gasteiger partial charge on any atom is -0.454 e. The van der Waals surface area contributed by atoms with E-state index in [4.69, 9.17) is 9.47 Å². The molecule has 5 nitrogen and oxygen atoms in total. The number of rotatable bonds is 5. The van der Waals surface area contributed by atoms with Gasteiger partial charge in [0.2, 0.25) is 12.7 Å². The molecule has 1 amide bonds. The fraction of sp³-hybridized carbons (Fsp3) is 0.294. The number of thiazole rings is 1. The summed E-state index contributed by atoms with van der Waals surface area (Å²) >= 11 is 1.57. The molecule has 6 heteroatoms. The molecule has 0 spiro atoms. The van der Waals surface area contributed by atoms with Crippen LogP contribution in [0, 0.1) is 6.92 Å². The van der Waals surface area contributed by atoms with E-state index in [-0.39, 0.29) is 12.7 Å². The van der Waals surface area contributed by atoms with Crippen LogP contribution in [-0.4, -0.2) is 29.1 Å². The number of likely N-dealkylation sites (N-methyl/N-ethyl adjacent to an activating group) is 1. The molecule has 1 aromatic carbocycles. The van der Waals surface area contributed by atoms with E-state index in [0.717, 1.165) is 27.8 Å². The second-order valence-electron chi connectivity index (χ2n) is 5.16. The van der Waals surface area contributed by atoms with Crippen molar-refractivity contribution in [3.63, 3.8) is 0 Å². The Morgan fingerprint density at radius 3 is 2.96 bits per heavy atom. The summed E-state index contributed by atoms with van der Waals surface area (Å²) in [5.41, 5.74) is 1.84. The maximum absolute atomic E-state index is 12.4. The van der Waals surface area contributed by atoms with E-state index >= 15 is 0 Å². The van der Waals surface area contributed by atoms with Gasteiger partial charge in [-0.2, -0.15) is 0 Å². The Bertz CT molecular complexity index is 739. The van der Waals surface area contributed by atoms with Crippen molar-refractivity contribution >= 4 is 23.3 Å². The first-order chi connectivity index (χ1) is 11.2. The van der Waals surface area contributed by atoms with Gasteiger partial charge < -0.3 is 14.4 Å². The van der Waals surface area contributed by atoms with Crippen LogP contribution >= 0.6 is 11.3 Å². The molecule has 0 unspecified atom stereocenters. The highest BCUT2D eigenvalue weighted by molar-refractivity contribution is 7.09. The number of aryl methyl sites for hydroxylation is 1. The molecule has 120 valence electrons. The number of ether oxygens (including phenoxy) is 2. The predicted molar refractivity (Wildman–Crippen MR) is 89.5 cm³/mol. The lowest BCUT2D eigenvalue weighted by Crippen LogP contribution is -2.28. The maximum Gasteiger partial charge on any atom is 0.246 e. The Balaban J connectivity index is 1.67. The van der Waals surface area contributed by atoms with Gasteiger partial charge in [0.25, 0.3) is 0 Å². The normalized spacial score (nSPS) is 12.8. The average Bonchev–Trinajstić information content (AvgIpc) is 3.18. The van der Waals surface area contributed by atoms with Crippen LogP contribution in [0.3, 0.4) is 0 Å². The molecule has 1 aromatic heterocycles. The van der Waals surface area contributed by atoms with Crippen LogP contribution in [0.5, 0.6) is 11.5 Å². The Morgan fingerprint density at radius 1 is 1.39 bits per heavy atom. The number of fused-ring (bicyclic) bond motifs is 1. The number of carbonyl (C=O) groups is 1. The van der Waals surface area contributed by atoms with E-state index in [9.17, 15) is 4.79 Å². The molecule has 2 aromatic rings. The number of benzene rings is 1. The van der Waals surface area contributed by atoms with Crippen molar-refractivity contribution in [2.45, 2.75) is 20.4 Å². The van der Waals surface area contributed by atoms with E-state index in [2.05, 4.69) is 4.98 Å². The van der Waals surface area contributed by atoms with Crippen molar-refractivity contribution in [2.75, 3.05) is 13.3 Å². The number of hydrogen-bond donors (Lipinski definition) is 0. The van der Waals surface area contributed by atoms with Crippen LogP contribution < -0.4 is 9.47 Å². The maximum atomic E-state index is 12.4. The molecule has 0 N–H and O–H groups in total. The largest absolute Gasteiger partial charge is 0.454 e. The summed E-state index contributed by atoms with van der Waals surface area (Å²) in [7, 11) is 0. The zero-order valence-electron chi connectivity index (χ0n) is 13.1. The lowest BCUT2D eigenvalue weighted by atomic mass is 10.2. The monoisotopic (exact) mass is 330 g/mol. The van der Waals surface area contributed by atoms with Gasteiger partial charge in [-0.3, -0.25) is 4.79 Å². The summed E-state index contributed by atoms with van der Waals surface area (Å²) < 4.78 is 10.7. The van der Waals surface area contributed by atoms with Crippen molar-refractivity contribution in [3.8, 4) is 11.5 Å². The van der Waals surface area contributed by atoms with Gasteiger partial charge in [0, 0.05) is 24.5 Å². The second kappa shape index (κ2) is 6.83. The molecule has 0 saturated carbocycles. The quantitative estimate of drug-likeness (QED) is 0.790. The van der Waals surface area contributed by atoms with Gasteiger partial charge in [0.05, 0.1) is 10.7 Å². The first-order valence-corrected chi connectivity index (χ1v) is 8.31. The molecule has 0 saturated heterocycles. The van der Waals surface area contributed by atoms with E-state index < -0.39 is 0 Å². The average molecular weight is 330 g/mol. The summed E-state index contributed by atoms with van der Waals surface area (Å²) in [5, 5.41) is 2.93. The van der Waals surface area contributed by atoms with Gasteiger partial charge in [0.1, 0.15) is 0 Å². The standard InChI is InChI=1S/C17H18N2O3S/c1-3-19(17(20)7-5-14-10-23-12(2)18-14)9-13-4-6-15-16(8-13)22-11-21-15/h4-8,10H,3,9,11H2,1-2H3/b7-5+. The van der Waals surface area contributed by atoms with Gasteiger partial charge in [-0.1, -0.05) is 6.07 Å². The zero-order valence-corrected chi connectivity index (χ0v) is 13.9. The highest BCUT2D eigenvalue weighted by atomic mass is 32.1. The number of amides is 1. The third-order valence-corrected chi connectivity index (χ3v) is 4.33. The molecular formula is C17H18N2O3S. The molecule has 0 aliphatic carbocycles. The lowest BCUT2D eigenvalue weighted by Gasteiger charge is -2.19. The van der Waals surface area contributed by atoms with Crippen molar-refractivity contribution in [3.05, 3.63) is 45.9 Å². The molecule has 1 aliphatic rings. The number of hydrogen-bond acceptors (Lipinski definition) is 5. The molecule has 23 heavy (non-hydrogen) atoms. The second-order valence-corrected chi connectivity index (χ2v) is 6.23. The number of nitrogens with zero attached hydrogens (tertiary/aromatic N) is 2. The summed E-state index contributed by atoms with van der Waals surface area (Å²) in [6.45, 7) is 5.33. The van der Waals surface area contributed by atoms with Crippen LogP contribution in [-0.2, 0) is 11.3 Å². The molecule has 2 heterocycles. The van der Waals surface area contributed by atoms with E-state index in [1.807, 2.05) is 37.4 Å². The highest BCUT2D eigenvalue weighted by Gasteiger charge is 2.15. The molecular weight excluding hydrogens is 312 g/mol. The molecule has 0 fully saturated rings. The first kappa shape index (κ1) is 15.6. The van der Waals surface area contributed by atoms with E-state index in [0.29, 0.717) is 13.1 Å². The highest BCUT2D eigenvalue weighted by Crippen LogP contribution is 2.32. The van der Waals surface area contributed by atoms with Crippen molar-refractivity contribution in [1.29, 1.82) is 0 Å². The van der Waals surface area contributed by atoms with Crippen molar-refractivity contribution < 1.29 is 14.3 Å². The first-order valence-electron chi connectivity index (χ1n) is 7.43. The van der Waals surface area contributed by atoms with Crippen LogP contribution in [0.2, 0.25) is 0 Å². The molecule has 1 aliphatic heterocycles. The number of aromatic nitrogens is 1. The summed E-state index contributed by atoms with van der Waals surface area (Å²) in [4.78, 5) is 18.4. The molecule has 0 radical (unpaired) electrons. The predicted octanol–water partition coefficient (Wildman–Crippen LogP) is 3.24. The van der Waals surface area contributed by atoms with E-state index in [1.165, 1.54) is 0 Å². The Morgan fingerprint density at radius 2 is 2.22 bits per heavy atom. The topological polar surface area (TPSA) is 51.7 Å². The van der Waals surface area contributed by atoms with Gasteiger partial charge in [-0.25, -0.2) is 4.98 Å². The van der Waals surface area contributed by atoms with Gasteiger partial charge in [0.15, 0.2) is 11.5 Å². The smallest absolute Gasteiger partial charge is 0.246 e. The van der Waals surface area contributed by atoms with Crippen LogP contribution in [0.1, 0.15) is 23.2 Å². The van der Waals surface area contributed by atoms with Crippen molar-refractivity contribution in [1.82, 2.24) is 9.88 Å². The van der Waals surface area contributed by atoms with Gasteiger partial charge in [-0.15, -0.1) is 11.3 Å².